The summed E-state index contributed by atoms with van der Waals surface area (Å²) in [4.78, 5) is 39.0. The molecule has 0 radical (unpaired) electrons. The molecule has 1 saturated heterocycles. The first-order valence-electron chi connectivity index (χ1n) is 8.66. The van der Waals surface area contributed by atoms with E-state index in [4.69, 9.17) is 4.74 Å². The summed E-state index contributed by atoms with van der Waals surface area (Å²) in [7, 11) is 1.54. The Kier molecular flexibility index (Phi) is 5.71. The first kappa shape index (κ1) is 18.4. The molecule has 2 aromatic carbocycles. The van der Waals surface area contributed by atoms with Gasteiger partial charge in [0.15, 0.2) is 0 Å². The number of rotatable bonds is 5. The molecule has 7 nitrogen and oxygen atoms in total. The number of hydrogen-bond donors (Lipinski definition) is 2. The molecule has 3 rings (SSSR count). The predicted octanol–water partition coefficient (Wildman–Crippen LogP) is 1.66. The first-order valence-corrected chi connectivity index (χ1v) is 8.66. The number of ether oxygens (including phenoxy) is 1. The van der Waals surface area contributed by atoms with Crippen molar-refractivity contribution < 1.29 is 19.1 Å². The Morgan fingerprint density at radius 1 is 1.19 bits per heavy atom. The average molecular weight is 367 g/mol. The zero-order valence-corrected chi connectivity index (χ0v) is 15.0. The van der Waals surface area contributed by atoms with Crippen LogP contribution in [0.15, 0.2) is 54.6 Å². The number of anilines is 1. The van der Waals surface area contributed by atoms with E-state index >= 15 is 0 Å². The van der Waals surface area contributed by atoms with E-state index in [1.807, 2.05) is 6.07 Å². The molecule has 140 valence electrons. The second-order valence-electron chi connectivity index (χ2n) is 6.16. The van der Waals surface area contributed by atoms with Gasteiger partial charge in [0, 0.05) is 30.4 Å². The molecule has 0 bridgehead atoms. The van der Waals surface area contributed by atoms with Gasteiger partial charge in [0.1, 0.15) is 11.8 Å². The fourth-order valence-corrected chi connectivity index (χ4v) is 3.00. The van der Waals surface area contributed by atoms with E-state index in [0.717, 1.165) is 0 Å². The van der Waals surface area contributed by atoms with Crippen molar-refractivity contribution in [3.8, 4) is 5.75 Å². The van der Waals surface area contributed by atoms with Crippen molar-refractivity contribution in [2.75, 3.05) is 25.5 Å². The minimum atomic E-state index is -0.850. The summed E-state index contributed by atoms with van der Waals surface area (Å²) in [5.41, 5.74) is 1.06. The van der Waals surface area contributed by atoms with Crippen molar-refractivity contribution in [2.45, 2.75) is 12.5 Å². The Morgan fingerprint density at radius 3 is 2.70 bits per heavy atom. The minimum Gasteiger partial charge on any atom is -0.497 e. The monoisotopic (exact) mass is 367 g/mol. The van der Waals surface area contributed by atoms with Crippen LogP contribution in [0.5, 0.6) is 5.75 Å². The van der Waals surface area contributed by atoms with Gasteiger partial charge in [-0.1, -0.05) is 24.3 Å². The van der Waals surface area contributed by atoms with E-state index in [1.54, 1.807) is 55.6 Å². The number of carbonyl (C=O) groups is 3. The molecule has 0 aliphatic carbocycles. The molecule has 1 heterocycles. The van der Waals surface area contributed by atoms with Gasteiger partial charge in [-0.05, 0) is 24.3 Å². The number of nitrogens with one attached hydrogen (secondary N) is 2. The van der Waals surface area contributed by atoms with Crippen molar-refractivity contribution >= 4 is 23.4 Å². The highest BCUT2D eigenvalue weighted by molar-refractivity contribution is 6.01. The highest BCUT2D eigenvalue weighted by Crippen LogP contribution is 2.18. The Balaban J connectivity index is 1.72. The average Bonchev–Trinajstić information content (AvgIpc) is 2.69. The Labute approximate surface area is 157 Å². The van der Waals surface area contributed by atoms with Gasteiger partial charge in [0.2, 0.25) is 11.8 Å². The molecule has 1 atom stereocenters. The Morgan fingerprint density at radius 2 is 1.96 bits per heavy atom. The second-order valence-corrected chi connectivity index (χ2v) is 6.16. The standard InChI is InChI=1S/C20H21N3O4/c1-27-16-9-5-8-15(12-16)22-18(24)13-17-19(25)21-10-11-23(17)20(26)14-6-3-2-4-7-14/h2-9,12,17H,10-11,13H2,1H3,(H,21,25)(H,22,24)/t17-/m1/s1. The van der Waals surface area contributed by atoms with Crippen LogP contribution in [0.1, 0.15) is 16.8 Å². The van der Waals surface area contributed by atoms with E-state index in [9.17, 15) is 14.4 Å². The van der Waals surface area contributed by atoms with Crippen LogP contribution in [0.3, 0.4) is 0 Å². The molecule has 0 spiro atoms. The predicted molar refractivity (Wildman–Crippen MR) is 101 cm³/mol. The van der Waals surface area contributed by atoms with Gasteiger partial charge in [0.25, 0.3) is 5.91 Å². The summed E-state index contributed by atoms with van der Waals surface area (Å²) in [6, 6.07) is 14.8. The van der Waals surface area contributed by atoms with Gasteiger partial charge < -0.3 is 20.3 Å². The number of carbonyl (C=O) groups excluding carboxylic acids is 3. The van der Waals surface area contributed by atoms with E-state index in [-0.39, 0.29) is 24.1 Å². The molecule has 2 aromatic rings. The van der Waals surface area contributed by atoms with E-state index in [0.29, 0.717) is 30.1 Å². The fourth-order valence-electron chi connectivity index (χ4n) is 3.00. The normalized spacial score (nSPS) is 16.4. The summed E-state index contributed by atoms with van der Waals surface area (Å²) in [5.74, 6) is -0.323. The van der Waals surface area contributed by atoms with E-state index in [2.05, 4.69) is 10.6 Å². The van der Waals surface area contributed by atoms with Crippen molar-refractivity contribution in [3.63, 3.8) is 0 Å². The maximum atomic E-state index is 12.8. The van der Waals surface area contributed by atoms with E-state index in [1.165, 1.54) is 4.90 Å². The summed E-state index contributed by atoms with van der Waals surface area (Å²) in [6.45, 7) is 0.724. The van der Waals surface area contributed by atoms with Gasteiger partial charge in [-0.3, -0.25) is 14.4 Å². The Bertz CT molecular complexity index is 838. The lowest BCUT2D eigenvalue weighted by Gasteiger charge is -2.34. The van der Waals surface area contributed by atoms with Crippen LogP contribution in [0.25, 0.3) is 0 Å². The number of nitrogens with zero attached hydrogens (tertiary/aromatic N) is 1. The smallest absolute Gasteiger partial charge is 0.254 e. The largest absolute Gasteiger partial charge is 0.497 e. The quantitative estimate of drug-likeness (QED) is 0.841. The van der Waals surface area contributed by atoms with Crippen molar-refractivity contribution in [1.82, 2.24) is 10.2 Å². The molecule has 0 unspecified atom stereocenters. The maximum Gasteiger partial charge on any atom is 0.254 e. The molecule has 7 heteroatoms. The number of benzene rings is 2. The van der Waals surface area contributed by atoms with Crippen molar-refractivity contribution in [3.05, 3.63) is 60.2 Å². The number of piperazine rings is 1. The van der Waals surface area contributed by atoms with Gasteiger partial charge in [0.05, 0.1) is 13.5 Å². The van der Waals surface area contributed by atoms with Gasteiger partial charge in [-0.15, -0.1) is 0 Å². The lowest BCUT2D eigenvalue weighted by molar-refractivity contribution is -0.131. The third-order valence-electron chi connectivity index (χ3n) is 4.34. The van der Waals surface area contributed by atoms with Crippen LogP contribution in [0.2, 0.25) is 0 Å². The number of amides is 3. The van der Waals surface area contributed by atoms with E-state index < -0.39 is 6.04 Å². The zero-order chi connectivity index (χ0) is 19.2. The van der Waals surface area contributed by atoms with Crippen LogP contribution in [0.4, 0.5) is 5.69 Å². The molecule has 2 N–H and O–H groups in total. The van der Waals surface area contributed by atoms with Gasteiger partial charge in [-0.25, -0.2) is 0 Å². The van der Waals surface area contributed by atoms with Crippen LogP contribution >= 0.6 is 0 Å². The van der Waals surface area contributed by atoms with Gasteiger partial charge >= 0.3 is 0 Å². The van der Waals surface area contributed by atoms with Crippen molar-refractivity contribution in [2.24, 2.45) is 0 Å². The van der Waals surface area contributed by atoms with Crippen LogP contribution < -0.4 is 15.4 Å². The molecule has 0 saturated carbocycles. The topological polar surface area (TPSA) is 87.7 Å². The molecule has 1 fully saturated rings. The molecule has 1 aliphatic rings. The van der Waals surface area contributed by atoms with Gasteiger partial charge in [-0.2, -0.15) is 0 Å². The first-order chi connectivity index (χ1) is 13.1. The lowest BCUT2D eigenvalue weighted by atomic mass is 10.1. The number of methoxy groups -OCH3 is 1. The molecule has 3 amide bonds. The molecule has 27 heavy (non-hydrogen) atoms. The molecular weight excluding hydrogens is 346 g/mol. The molecule has 0 aromatic heterocycles. The third-order valence-corrected chi connectivity index (χ3v) is 4.34. The minimum absolute atomic E-state index is 0.123. The number of hydrogen-bond acceptors (Lipinski definition) is 4. The molecular formula is C20H21N3O4. The van der Waals surface area contributed by atoms with Crippen molar-refractivity contribution in [1.29, 1.82) is 0 Å². The maximum absolute atomic E-state index is 12.8. The SMILES string of the molecule is COc1cccc(NC(=O)C[C@@H]2C(=O)NCCN2C(=O)c2ccccc2)c1. The van der Waals surface area contributed by atoms with Crippen LogP contribution in [-0.4, -0.2) is 48.9 Å². The summed E-state index contributed by atoms with van der Waals surface area (Å²) in [5, 5.41) is 5.47. The third kappa shape index (κ3) is 4.44. The lowest BCUT2D eigenvalue weighted by Crippen LogP contribution is -2.58. The second kappa shape index (κ2) is 8.35. The molecule has 1 aliphatic heterocycles. The highest BCUT2D eigenvalue weighted by Gasteiger charge is 2.35. The summed E-state index contributed by atoms with van der Waals surface area (Å²) < 4.78 is 5.13. The summed E-state index contributed by atoms with van der Waals surface area (Å²) in [6.07, 6.45) is -0.123. The zero-order valence-electron chi connectivity index (χ0n) is 15.0. The van der Waals surface area contributed by atoms with Crippen LogP contribution in [-0.2, 0) is 9.59 Å². The summed E-state index contributed by atoms with van der Waals surface area (Å²) >= 11 is 0. The Hall–Kier alpha value is -3.35. The highest BCUT2D eigenvalue weighted by atomic mass is 16.5. The van der Waals surface area contributed by atoms with Crippen LogP contribution in [0, 0.1) is 0 Å². The fraction of sp³-hybridized carbons (Fsp3) is 0.250.